The van der Waals surface area contributed by atoms with Crippen LogP contribution in [0.3, 0.4) is 0 Å². The molecule has 86 valence electrons. The van der Waals surface area contributed by atoms with Crippen LogP contribution >= 0.6 is 0 Å². The molecule has 0 saturated carbocycles. The third-order valence-corrected chi connectivity index (χ3v) is 2.11. The first kappa shape index (κ1) is 12.2. The number of carbonyl (C=O) groups excluding carboxylic acids is 2. The highest BCUT2D eigenvalue weighted by Crippen LogP contribution is 1.98. The summed E-state index contributed by atoms with van der Waals surface area (Å²) >= 11 is 0. The minimum Gasteiger partial charge on any atom is -0.359 e. The van der Waals surface area contributed by atoms with Crippen molar-refractivity contribution in [3.63, 3.8) is 0 Å². The third kappa shape index (κ3) is 5.14. The Hall–Kier alpha value is -1.84. The van der Waals surface area contributed by atoms with Crippen LogP contribution in [0.4, 0.5) is 0 Å². The van der Waals surface area contributed by atoms with E-state index in [2.05, 4.69) is 10.6 Å². The fourth-order valence-corrected chi connectivity index (χ4v) is 1.32. The van der Waals surface area contributed by atoms with E-state index in [1.165, 1.54) is 0 Å². The van der Waals surface area contributed by atoms with Gasteiger partial charge in [0, 0.05) is 13.1 Å². The Morgan fingerprint density at radius 1 is 1.19 bits per heavy atom. The number of rotatable bonds is 7. The monoisotopic (exact) mass is 220 g/mol. The molecule has 0 aliphatic rings. The Kier molecular flexibility index (Phi) is 5.70. The van der Waals surface area contributed by atoms with Crippen molar-refractivity contribution in [1.82, 2.24) is 10.6 Å². The zero-order chi connectivity index (χ0) is 11.6. The van der Waals surface area contributed by atoms with E-state index < -0.39 is 0 Å². The van der Waals surface area contributed by atoms with Gasteiger partial charge in [-0.2, -0.15) is 0 Å². The van der Waals surface area contributed by atoms with Crippen molar-refractivity contribution in [2.45, 2.75) is 12.8 Å². The molecule has 2 amide bonds. The fraction of sp³-hybridized carbons (Fsp3) is 0.333. The van der Waals surface area contributed by atoms with Gasteiger partial charge in [-0.25, -0.2) is 0 Å². The smallest absolute Gasteiger partial charge is 0.224 e. The summed E-state index contributed by atoms with van der Waals surface area (Å²) in [5.74, 6) is 0.0114. The van der Waals surface area contributed by atoms with Crippen LogP contribution in [0.25, 0.3) is 0 Å². The van der Waals surface area contributed by atoms with Crippen molar-refractivity contribution in [2.24, 2.45) is 0 Å². The van der Waals surface area contributed by atoms with E-state index in [1.807, 2.05) is 30.3 Å². The van der Waals surface area contributed by atoms with Crippen molar-refractivity contribution >= 4 is 12.3 Å². The standard InChI is InChI=1S/C12H16N2O2/c15-10-13-7-4-8-14-12(16)9-11-5-2-1-3-6-11/h1-3,5-6,10H,4,7-9H2,(H,13,15)(H,14,16). The van der Waals surface area contributed by atoms with Gasteiger partial charge in [0.25, 0.3) is 0 Å². The van der Waals surface area contributed by atoms with E-state index in [0.717, 1.165) is 12.0 Å². The molecule has 0 radical (unpaired) electrons. The van der Waals surface area contributed by atoms with Gasteiger partial charge >= 0.3 is 0 Å². The maximum Gasteiger partial charge on any atom is 0.224 e. The Balaban J connectivity index is 2.14. The van der Waals surface area contributed by atoms with Crippen molar-refractivity contribution in [2.75, 3.05) is 13.1 Å². The summed E-state index contributed by atoms with van der Waals surface area (Å²) < 4.78 is 0. The molecule has 0 aromatic heterocycles. The average molecular weight is 220 g/mol. The average Bonchev–Trinajstić information content (AvgIpc) is 2.30. The maximum atomic E-state index is 11.4. The Morgan fingerprint density at radius 3 is 2.62 bits per heavy atom. The van der Waals surface area contributed by atoms with Gasteiger partial charge in [0.1, 0.15) is 0 Å². The lowest BCUT2D eigenvalue weighted by Gasteiger charge is -2.04. The summed E-state index contributed by atoms with van der Waals surface area (Å²) in [4.78, 5) is 21.4. The van der Waals surface area contributed by atoms with Crippen LogP contribution in [0.5, 0.6) is 0 Å². The van der Waals surface area contributed by atoms with Crippen LogP contribution in [0.1, 0.15) is 12.0 Å². The second-order valence-electron chi connectivity index (χ2n) is 3.44. The molecule has 1 rings (SSSR count). The lowest BCUT2D eigenvalue weighted by atomic mass is 10.1. The lowest BCUT2D eigenvalue weighted by molar-refractivity contribution is -0.120. The van der Waals surface area contributed by atoms with Crippen molar-refractivity contribution in [1.29, 1.82) is 0 Å². The van der Waals surface area contributed by atoms with Crippen LogP contribution in [-0.4, -0.2) is 25.4 Å². The zero-order valence-corrected chi connectivity index (χ0v) is 9.11. The second-order valence-corrected chi connectivity index (χ2v) is 3.44. The first-order valence-electron chi connectivity index (χ1n) is 5.30. The SMILES string of the molecule is O=CNCCCNC(=O)Cc1ccccc1. The molecule has 0 unspecified atom stereocenters. The fourth-order valence-electron chi connectivity index (χ4n) is 1.32. The highest BCUT2D eigenvalue weighted by Gasteiger charge is 2.01. The molecule has 0 aliphatic heterocycles. The van der Waals surface area contributed by atoms with Gasteiger partial charge in [-0.05, 0) is 12.0 Å². The molecule has 1 aromatic carbocycles. The quantitative estimate of drug-likeness (QED) is 0.519. The molecule has 0 atom stereocenters. The minimum absolute atomic E-state index is 0.0114. The summed E-state index contributed by atoms with van der Waals surface area (Å²) in [6, 6.07) is 9.60. The van der Waals surface area contributed by atoms with Gasteiger partial charge in [-0.3, -0.25) is 9.59 Å². The van der Waals surface area contributed by atoms with Crippen molar-refractivity contribution < 1.29 is 9.59 Å². The summed E-state index contributed by atoms with van der Waals surface area (Å²) in [7, 11) is 0. The Bertz CT molecular complexity index is 325. The highest BCUT2D eigenvalue weighted by molar-refractivity contribution is 5.78. The molecule has 0 saturated heterocycles. The summed E-state index contributed by atoms with van der Waals surface area (Å²) in [5.41, 5.74) is 1.01. The van der Waals surface area contributed by atoms with E-state index in [-0.39, 0.29) is 5.91 Å². The maximum absolute atomic E-state index is 11.4. The van der Waals surface area contributed by atoms with Gasteiger partial charge in [-0.1, -0.05) is 30.3 Å². The first-order chi connectivity index (χ1) is 7.83. The van der Waals surface area contributed by atoms with Crippen molar-refractivity contribution in [3.8, 4) is 0 Å². The van der Waals surface area contributed by atoms with Gasteiger partial charge in [0.05, 0.1) is 6.42 Å². The molecule has 0 heterocycles. The molecule has 1 aromatic rings. The van der Waals surface area contributed by atoms with Crippen LogP contribution in [-0.2, 0) is 16.0 Å². The molecule has 0 aliphatic carbocycles. The number of carbonyl (C=O) groups is 2. The van der Waals surface area contributed by atoms with Crippen LogP contribution in [0.2, 0.25) is 0 Å². The van der Waals surface area contributed by atoms with E-state index >= 15 is 0 Å². The lowest BCUT2D eigenvalue weighted by Crippen LogP contribution is -2.28. The van der Waals surface area contributed by atoms with Gasteiger partial charge in [0.15, 0.2) is 0 Å². The molecule has 16 heavy (non-hydrogen) atoms. The topological polar surface area (TPSA) is 58.2 Å². The normalized spacial score (nSPS) is 9.50. The van der Waals surface area contributed by atoms with E-state index in [4.69, 9.17) is 0 Å². The number of benzene rings is 1. The van der Waals surface area contributed by atoms with E-state index in [1.54, 1.807) is 0 Å². The third-order valence-electron chi connectivity index (χ3n) is 2.11. The predicted molar refractivity (Wildman–Crippen MR) is 61.8 cm³/mol. The van der Waals surface area contributed by atoms with Crippen molar-refractivity contribution in [3.05, 3.63) is 35.9 Å². The molecule has 0 fully saturated rings. The van der Waals surface area contributed by atoms with Crippen LogP contribution in [0.15, 0.2) is 30.3 Å². The summed E-state index contributed by atoms with van der Waals surface area (Å²) in [6.07, 6.45) is 1.81. The first-order valence-corrected chi connectivity index (χ1v) is 5.30. The van der Waals surface area contributed by atoms with Gasteiger partial charge in [-0.15, -0.1) is 0 Å². The minimum atomic E-state index is 0.0114. The van der Waals surface area contributed by atoms with Gasteiger partial charge < -0.3 is 10.6 Å². The molecule has 2 N–H and O–H groups in total. The number of nitrogens with one attached hydrogen (secondary N) is 2. The molecular weight excluding hydrogens is 204 g/mol. The number of hydrogen-bond acceptors (Lipinski definition) is 2. The van der Waals surface area contributed by atoms with Crippen LogP contribution in [0, 0.1) is 0 Å². The summed E-state index contributed by atoms with van der Waals surface area (Å²) in [6.45, 7) is 1.18. The molecule has 4 nitrogen and oxygen atoms in total. The molecule has 0 bridgehead atoms. The predicted octanol–water partition coefficient (Wildman–Crippen LogP) is 0.481. The van der Waals surface area contributed by atoms with Gasteiger partial charge in [0.2, 0.25) is 12.3 Å². The molecule has 0 spiro atoms. The number of amides is 2. The molecular formula is C12H16N2O2. The summed E-state index contributed by atoms with van der Waals surface area (Å²) in [5, 5.41) is 5.34. The Morgan fingerprint density at radius 2 is 1.94 bits per heavy atom. The number of hydrogen-bond donors (Lipinski definition) is 2. The highest BCUT2D eigenvalue weighted by atomic mass is 16.1. The zero-order valence-electron chi connectivity index (χ0n) is 9.11. The van der Waals surface area contributed by atoms with E-state index in [0.29, 0.717) is 25.9 Å². The Labute approximate surface area is 95.0 Å². The largest absolute Gasteiger partial charge is 0.359 e. The van der Waals surface area contributed by atoms with Crippen LogP contribution < -0.4 is 10.6 Å². The molecule has 4 heteroatoms. The van der Waals surface area contributed by atoms with E-state index in [9.17, 15) is 9.59 Å². The second kappa shape index (κ2) is 7.45.